The van der Waals surface area contributed by atoms with Gasteiger partial charge in [0.05, 0.1) is 17.7 Å². The molecule has 0 unspecified atom stereocenters. The van der Waals surface area contributed by atoms with Gasteiger partial charge in [0.2, 0.25) is 11.8 Å². The summed E-state index contributed by atoms with van der Waals surface area (Å²) in [5, 5.41) is 3.25. The molecular weight excluding hydrogens is 562 g/mol. The Bertz CT molecular complexity index is 1430. The summed E-state index contributed by atoms with van der Waals surface area (Å²) < 4.78 is 34.1. The highest BCUT2D eigenvalue weighted by molar-refractivity contribution is 7.92. The summed E-state index contributed by atoms with van der Waals surface area (Å²) >= 11 is 6.23. The van der Waals surface area contributed by atoms with Crippen LogP contribution in [0.25, 0.3) is 0 Å². The Kier molecular flexibility index (Phi) is 11.2. The maximum Gasteiger partial charge on any atom is 0.264 e. The minimum Gasteiger partial charge on any atom is -0.497 e. The first-order valence-corrected chi connectivity index (χ1v) is 15.3. The Labute approximate surface area is 248 Å². The van der Waals surface area contributed by atoms with Gasteiger partial charge in [0.1, 0.15) is 18.3 Å². The van der Waals surface area contributed by atoms with Crippen LogP contribution in [0, 0.1) is 12.8 Å². The summed E-state index contributed by atoms with van der Waals surface area (Å²) in [7, 11) is -2.60. The second-order valence-corrected chi connectivity index (χ2v) is 12.5. The number of aryl methyl sites for hydroxylation is 1. The van der Waals surface area contributed by atoms with E-state index in [2.05, 4.69) is 5.32 Å². The molecule has 0 bridgehead atoms. The minimum atomic E-state index is -4.16. The summed E-state index contributed by atoms with van der Waals surface area (Å²) in [5.41, 5.74) is 1.91. The molecule has 1 N–H and O–H groups in total. The fourth-order valence-electron chi connectivity index (χ4n) is 4.27. The molecular formula is C31H38ClN3O5S. The van der Waals surface area contributed by atoms with Crippen molar-refractivity contribution in [1.29, 1.82) is 0 Å². The lowest BCUT2D eigenvalue weighted by atomic mass is 10.1. The average Bonchev–Trinajstić information content (AvgIpc) is 2.95. The van der Waals surface area contributed by atoms with Crippen molar-refractivity contribution in [2.45, 2.75) is 51.6 Å². The molecule has 0 heterocycles. The van der Waals surface area contributed by atoms with E-state index in [0.717, 1.165) is 15.4 Å². The van der Waals surface area contributed by atoms with Crippen LogP contribution in [0.15, 0.2) is 77.7 Å². The van der Waals surface area contributed by atoms with E-state index in [9.17, 15) is 18.0 Å². The zero-order chi connectivity index (χ0) is 30.2. The SMILES string of the molecule is CC[C@@H](C(=O)NCC(C)C)N(Cc1ccc(OC)cc1)C(=O)CN(c1cccc(Cl)c1)S(=O)(=O)c1ccc(C)cc1. The normalized spacial score (nSPS) is 12.1. The number of carbonyl (C=O) groups is 2. The average molecular weight is 600 g/mol. The molecule has 41 heavy (non-hydrogen) atoms. The highest BCUT2D eigenvalue weighted by Crippen LogP contribution is 2.27. The Morgan fingerprint density at radius 2 is 1.66 bits per heavy atom. The highest BCUT2D eigenvalue weighted by Gasteiger charge is 2.33. The van der Waals surface area contributed by atoms with Gasteiger partial charge in [-0.15, -0.1) is 0 Å². The molecule has 10 heteroatoms. The maximum absolute atomic E-state index is 14.1. The van der Waals surface area contributed by atoms with E-state index in [1.807, 2.05) is 39.8 Å². The van der Waals surface area contributed by atoms with Crippen molar-refractivity contribution in [3.63, 3.8) is 0 Å². The Balaban J connectivity index is 2.04. The third-order valence-corrected chi connectivity index (χ3v) is 8.59. The quantitative estimate of drug-likeness (QED) is 0.283. The van der Waals surface area contributed by atoms with E-state index >= 15 is 0 Å². The van der Waals surface area contributed by atoms with Gasteiger partial charge in [0.15, 0.2) is 0 Å². The monoisotopic (exact) mass is 599 g/mol. The van der Waals surface area contributed by atoms with Crippen molar-refractivity contribution in [2.24, 2.45) is 5.92 Å². The number of anilines is 1. The number of carbonyl (C=O) groups excluding carboxylic acids is 2. The number of hydrogen-bond donors (Lipinski definition) is 1. The lowest BCUT2D eigenvalue weighted by Crippen LogP contribution is -2.52. The number of nitrogens with zero attached hydrogens (tertiary/aromatic N) is 2. The fraction of sp³-hybridized carbons (Fsp3) is 0.355. The third kappa shape index (κ3) is 8.47. The van der Waals surface area contributed by atoms with E-state index in [1.165, 1.54) is 23.1 Å². The summed E-state index contributed by atoms with van der Waals surface area (Å²) in [4.78, 5) is 28.9. The summed E-state index contributed by atoms with van der Waals surface area (Å²) in [6, 6.07) is 19.1. The zero-order valence-electron chi connectivity index (χ0n) is 24.1. The summed E-state index contributed by atoms with van der Waals surface area (Å²) in [6.45, 7) is 7.69. The van der Waals surface area contributed by atoms with Gasteiger partial charge in [0, 0.05) is 18.1 Å². The molecule has 0 saturated heterocycles. The van der Waals surface area contributed by atoms with Crippen LogP contribution in [-0.4, -0.2) is 51.4 Å². The molecule has 0 aliphatic carbocycles. The second kappa shape index (κ2) is 14.4. The van der Waals surface area contributed by atoms with E-state index < -0.39 is 28.5 Å². The number of benzene rings is 3. The van der Waals surface area contributed by atoms with Crippen molar-refractivity contribution in [1.82, 2.24) is 10.2 Å². The lowest BCUT2D eigenvalue weighted by Gasteiger charge is -2.33. The Morgan fingerprint density at radius 1 is 1.00 bits per heavy atom. The number of methoxy groups -OCH3 is 1. The van der Waals surface area contributed by atoms with E-state index in [-0.39, 0.29) is 29.0 Å². The number of ether oxygens (including phenoxy) is 1. The van der Waals surface area contributed by atoms with Crippen molar-refractivity contribution in [2.75, 3.05) is 24.5 Å². The Morgan fingerprint density at radius 3 is 2.22 bits per heavy atom. The summed E-state index contributed by atoms with van der Waals surface area (Å²) in [6.07, 6.45) is 0.341. The van der Waals surface area contributed by atoms with Crippen molar-refractivity contribution in [3.8, 4) is 5.75 Å². The summed E-state index contributed by atoms with van der Waals surface area (Å²) in [5.74, 6) is 0.0617. The molecule has 3 aromatic rings. The molecule has 2 amide bonds. The van der Waals surface area contributed by atoms with Crippen molar-refractivity contribution >= 4 is 39.1 Å². The second-order valence-electron chi connectivity index (χ2n) is 10.2. The molecule has 0 radical (unpaired) electrons. The number of amides is 2. The first-order valence-electron chi connectivity index (χ1n) is 13.5. The molecule has 0 spiro atoms. The molecule has 8 nitrogen and oxygen atoms in total. The molecule has 0 aliphatic heterocycles. The molecule has 0 aromatic heterocycles. The van der Waals surface area contributed by atoms with Crippen LogP contribution >= 0.6 is 11.6 Å². The topological polar surface area (TPSA) is 96.0 Å². The lowest BCUT2D eigenvalue weighted by molar-refractivity contribution is -0.140. The van der Waals surface area contributed by atoms with Gasteiger partial charge in [-0.3, -0.25) is 13.9 Å². The number of rotatable bonds is 13. The number of halogens is 1. The van der Waals surface area contributed by atoms with Gasteiger partial charge in [-0.1, -0.05) is 68.3 Å². The minimum absolute atomic E-state index is 0.0410. The van der Waals surface area contributed by atoms with Gasteiger partial charge in [0.25, 0.3) is 10.0 Å². The predicted molar refractivity (Wildman–Crippen MR) is 163 cm³/mol. The Hall–Kier alpha value is -3.56. The largest absolute Gasteiger partial charge is 0.497 e. The maximum atomic E-state index is 14.1. The smallest absolute Gasteiger partial charge is 0.264 e. The van der Waals surface area contributed by atoms with Crippen LogP contribution < -0.4 is 14.4 Å². The van der Waals surface area contributed by atoms with Gasteiger partial charge in [-0.2, -0.15) is 0 Å². The zero-order valence-corrected chi connectivity index (χ0v) is 25.7. The van der Waals surface area contributed by atoms with Crippen LogP contribution in [-0.2, 0) is 26.2 Å². The number of hydrogen-bond acceptors (Lipinski definition) is 5. The highest BCUT2D eigenvalue weighted by atomic mass is 35.5. The predicted octanol–water partition coefficient (Wildman–Crippen LogP) is 5.43. The van der Waals surface area contributed by atoms with Crippen LogP contribution in [0.1, 0.15) is 38.3 Å². The van der Waals surface area contributed by atoms with E-state index in [4.69, 9.17) is 16.3 Å². The van der Waals surface area contributed by atoms with Gasteiger partial charge in [-0.05, 0) is 67.3 Å². The van der Waals surface area contributed by atoms with Crippen LogP contribution in [0.3, 0.4) is 0 Å². The van der Waals surface area contributed by atoms with Crippen LogP contribution in [0.2, 0.25) is 5.02 Å². The van der Waals surface area contributed by atoms with Gasteiger partial charge in [-0.25, -0.2) is 8.42 Å². The van der Waals surface area contributed by atoms with E-state index in [1.54, 1.807) is 49.6 Å². The van der Waals surface area contributed by atoms with Crippen LogP contribution in [0.4, 0.5) is 5.69 Å². The van der Waals surface area contributed by atoms with Crippen molar-refractivity contribution in [3.05, 3.63) is 88.9 Å². The van der Waals surface area contributed by atoms with E-state index in [0.29, 0.717) is 23.7 Å². The number of nitrogens with one attached hydrogen (secondary N) is 1. The fourth-order valence-corrected chi connectivity index (χ4v) is 5.86. The van der Waals surface area contributed by atoms with Gasteiger partial charge >= 0.3 is 0 Å². The van der Waals surface area contributed by atoms with Crippen molar-refractivity contribution < 1.29 is 22.7 Å². The molecule has 3 aromatic carbocycles. The molecule has 0 aliphatic rings. The molecule has 220 valence electrons. The standard InChI is InChI=1S/C31H38ClN3O5S/c1-6-29(31(37)33-19-22(2)3)34(20-24-12-14-27(40-5)15-13-24)30(36)21-35(26-9-7-8-25(32)18-26)41(38,39)28-16-10-23(4)11-17-28/h7-18,22,29H,6,19-21H2,1-5H3,(H,33,37)/t29-/m0/s1. The molecule has 0 fully saturated rings. The van der Waals surface area contributed by atoms with Crippen LogP contribution in [0.5, 0.6) is 5.75 Å². The molecule has 0 saturated carbocycles. The molecule has 1 atom stereocenters. The van der Waals surface area contributed by atoms with Gasteiger partial charge < -0.3 is 15.0 Å². The third-order valence-electron chi connectivity index (χ3n) is 6.57. The molecule has 3 rings (SSSR count). The number of sulfonamides is 1. The first-order chi connectivity index (χ1) is 19.5. The first kappa shape index (κ1) is 32.0.